The molecule has 0 fully saturated rings. The Morgan fingerprint density at radius 3 is 2.38 bits per heavy atom. The van der Waals surface area contributed by atoms with Crippen molar-refractivity contribution in [2.75, 3.05) is 0 Å². The highest BCUT2D eigenvalue weighted by Gasteiger charge is 2.32. The minimum Gasteiger partial charge on any atom is -0.328 e. The molecular formula is C16H12BrClN2O. The Hall–Kier alpha value is -1.65. The van der Waals surface area contributed by atoms with Gasteiger partial charge in [-0.2, -0.15) is 4.99 Å². The number of carbonyl (C=O) groups is 1. The molecule has 0 aromatic heterocycles. The predicted octanol–water partition coefficient (Wildman–Crippen LogP) is 4.36. The fraction of sp³-hybridized carbons (Fsp3) is 0.125. The molecule has 0 saturated heterocycles. The number of benzene rings is 2. The number of halogens is 2. The smallest absolute Gasteiger partial charge is 0.328 e. The second-order valence-corrected chi connectivity index (χ2v) is 6.17. The Labute approximate surface area is 136 Å². The quantitative estimate of drug-likeness (QED) is 0.792. The fourth-order valence-electron chi connectivity index (χ4n) is 2.32. The van der Waals surface area contributed by atoms with Gasteiger partial charge in [0.05, 0.1) is 16.6 Å². The normalized spacial score (nSPS) is 21.6. The van der Waals surface area contributed by atoms with E-state index in [1.165, 1.54) is 0 Å². The summed E-state index contributed by atoms with van der Waals surface area (Å²) in [4.78, 5) is 15.9. The van der Waals surface area contributed by atoms with Gasteiger partial charge in [0.1, 0.15) is 0 Å². The number of alkyl halides is 1. The van der Waals surface area contributed by atoms with Crippen LogP contribution in [0.3, 0.4) is 0 Å². The summed E-state index contributed by atoms with van der Waals surface area (Å²) in [5.41, 5.74) is 2.66. The second kappa shape index (κ2) is 6.00. The van der Waals surface area contributed by atoms with E-state index in [1.807, 2.05) is 54.6 Å². The number of aliphatic imine (C=N–C) groups is 1. The maximum absolute atomic E-state index is 11.9. The van der Waals surface area contributed by atoms with Crippen LogP contribution in [-0.4, -0.2) is 16.6 Å². The molecule has 2 atom stereocenters. The van der Waals surface area contributed by atoms with E-state index in [0.29, 0.717) is 5.02 Å². The molecule has 2 unspecified atom stereocenters. The van der Waals surface area contributed by atoms with E-state index in [0.717, 1.165) is 16.8 Å². The van der Waals surface area contributed by atoms with Crippen LogP contribution in [0.2, 0.25) is 5.02 Å². The third-order valence-electron chi connectivity index (χ3n) is 3.35. The highest BCUT2D eigenvalue weighted by molar-refractivity contribution is 9.10. The zero-order chi connectivity index (χ0) is 14.8. The predicted molar refractivity (Wildman–Crippen MR) is 88.4 cm³/mol. The fourth-order valence-corrected chi connectivity index (χ4v) is 3.25. The number of amides is 2. The van der Waals surface area contributed by atoms with Crippen LogP contribution in [0.15, 0.2) is 59.6 Å². The van der Waals surface area contributed by atoms with Crippen LogP contribution in [-0.2, 0) is 0 Å². The molecule has 2 amide bonds. The topological polar surface area (TPSA) is 41.5 Å². The number of hydrogen-bond donors (Lipinski definition) is 1. The lowest BCUT2D eigenvalue weighted by molar-refractivity contribution is 0.244. The van der Waals surface area contributed by atoms with Gasteiger partial charge in [0.15, 0.2) is 0 Å². The zero-order valence-corrected chi connectivity index (χ0v) is 13.3. The molecule has 2 aromatic rings. The Bertz CT molecular complexity index is 685. The van der Waals surface area contributed by atoms with Gasteiger partial charge >= 0.3 is 6.03 Å². The van der Waals surface area contributed by atoms with Crippen molar-refractivity contribution in [3.63, 3.8) is 0 Å². The number of nitrogens with one attached hydrogen (secondary N) is 1. The highest BCUT2D eigenvalue weighted by Crippen LogP contribution is 2.30. The first kappa shape index (κ1) is 14.3. The van der Waals surface area contributed by atoms with Gasteiger partial charge in [0, 0.05) is 5.02 Å². The Balaban J connectivity index is 1.97. The highest BCUT2D eigenvalue weighted by atomic mass is 79.9. The average Bonchev–Trinajstić information content (AvgIpc) is 2.51. The van der Waals surface area contributed by atoms with Crippen molar-refractivity contribution in [3.05, 3.63) is 70.7 Å². The van der Waals surface area contributed by atoms with Crippen LogP contribution in [0.1, 0.15) is 17.2 Å². The van der Waals surface area contributed by atoms with Gasteiger partial charge in [0.2, 0.25) is 0 Å². The van der Waals surface area contributed by atoms with Crippen LogP contribution in [0.5, 0.6) is 0 Å². The molecule has 0 aliphatic carbocycles. The Kier molecular flexibility index (Phi) is 4.08. The van der Waals surface area contributed by atoms with Crippen molar-refractivity contribution in [1.82, 2.24) is 5.32 Å². The summed E-state index contributed by atoms with van der Waals surface area (Å²) in [7, 11) is 0. The number of nitrogens with zero attached hydrogens (tertiary/aromatic N) is 1. The first-order valence-electron chi connectivity index (χ1n) is 6.49. The lowest BCUT2D eigenvalue weighted by Gasteiger charge is -2.28. The van der Waals surface area contributed by atoms with Gasteiger partial charge in [-0.05, 0) is 23.3 Å². The van der Waals surface area contributed by atoms with E-state index in [4.69, 9.17) is 11.6 Å². The zero-order valence-electron chi connectivity index (χ0n) is 11.0. The molecule has 0 spiro atoms. The lowest BCUT2D eigenvalue weighted by atomic mass is 9.96. The van der Waals surface area contributed by atoms with Crippen LogP contribution < -0.4 is 5.32 Å². The molecule has 1 N–H and O–H groups in total. The molecule has 106 valence electrons. The molecule has 0 bridgehead atoms. The summed E-state index contributed by atoms with van der Waals surface area (Å²) >= 11 is 9.58. The van der Waals surface area contributed by atoms with Gasteiger partial charge in [-0.3, -0.25) is 0 Å². The number of rotatable bonds is 2. The van der Waals surface area contributed by atoms with E-state index in [1.54, 1.807) is 0 Å². The van der Waals surface area contributed by atoms with Crippen LogP contribution >= 0.6 is 27.5 Å². The lowest BCUT2D eigenvalue weighted by Crippen LogP contribution is -2.41. The van der Waals surface area contributed by atoms with E-state index < -0.39 is 0 Å². The average molecular weight is 364 g/mol. The minimum atomic E-state index is -0.329. The van der Waals surface area contributed by atoms with Crippen molar-refractivity contribution in [2.45, 2.75) is 10.9 Å². The second-order valence-electron chi connectivity index (χ2n) is 4.74. The SMILES string of the molecule is O=C1N=C(c2ccccc2)C(Br)C(c2ccc(Cl)cc2)N1. The Morgan fingerprint density at radius 1 is 1.05 bits per heavy atom. The van der Waals surface area contributed by atoms with Crippen molar-refractivity contribution >= 4 is 39.3 Å². The number of carbonyl (C=O) groups excluding carboxylic acids is 1. The van der Waals surface area contributed by atoms with Gasteiger partial charge in [-0.1, -0.05) is 70.0 Å². The van der Waals surface area contributed by atoms with Gasteiger partial charge in [0.25, 0.3) is 0 Å². The van der Waals surface area contributed by atoms with Crippen LogP contribution in [0.25, 0.3) is 0 Å². The van der Waals surface area contributed by atoms with Crippen molar-refractivity contribution in [3.8, 4) is 0 Å². The molecule has 3 rings (SSSR count). The molecule has 5 heteroatoms. The first-order valence-corrected chi connectivity index (χ1v) is 7.78. The molecule has 0 saturated carbocycles. The van der Waals surface area contributed by atoms with Crippen molar-refractivity contribution in [1.29, 1.82) is 0 Å². The third-order valence-corrected chi connectivity index (χ3v) is 4.57. The number of hydrogen-bond acceptors (Lipinski definition) is 1. The van der Waals surface area contributed by atoms with Gasteiger partial charge < -0.3 is 5.32 Å². The van der Waals surface area contributed by atoms with E-state index >= 15 is 0 Å². The van der Waals surface area contributed by atoms with Crippen LogP contribution in [0, 0.1) is 0 Å². The van der Waals surface area contributed by atoms with Gasteiger partial charge in [-0.15, -0.1) is 0 Å². The minimum absolute atomic E-state index is 0.0984. The molecule has 0 radical (unpaired) electrons. The molecule has 3 nitrogen and oxygen atoms in total. The number of urea groups is 1. The maximum Gasteiger partial charge on any atom is 0.341 e. The Morgan fingerprint density at radius 2 is 1.71 bits per heavy atom. The standard InChI is InChI=1S/C16H12BrClN2O/c17-13-14(10-4-2-1-3-5-10)19-16(21)20-15(13)11-6-8-12(18)9-7-11/h1-9,13,15H,(H,20,21). The summed E-state index contributed by atoms with van der Waals surface area (Å²) in [6.45, 7) is 0. The van der Waals surface area contributed by atoms with E-state index in [2.05, 4.69) is 26.2 Å². The first-order chi connectivity index (χ1) is 10.1. The van der Waals surface area contributed by atoms with E-state index in [-0.39, 0.29) is 16.9 Å². The third kappa shape index (κ3) is 3.01. The molecule has 1 aliphatic rings. The van der Waals surface area contributed by atoms with Crippen LogP contribution in [0.4, 0.5) is 4.79 Å². The maximum atomic E-state index is 11.9. The summed E-state index contributed by atoms with van der Waals surface area (Å²) in [5, 5.41) is 3.56. The van der Waals surface area contributed by atoms with E-state index in [9.17, 15) is 4.79 Å². The summed E-state index contributed by atoms with van der Waals surface area (Å²) in [6, 6.07) is 16.6. The summed E-state index contributed by atoms with van der Waals surface area (Å²) in [6.07, 6.45) is 0. The molecule has 21 heavy (non-hydrogen) atoms. The summed E-state index contributed by atoms with van der Waals surface area (Å²) < 4.78 is 0. The molecule has 1 heterocycles. The largest absolute Gasteiger partial charge is 0.341 e. The van der Waals surface area contributed by atoms with Crippen molar-refractivity contribution < 1.29 is 4.79 Å². The molecule has 1 aliphatic heterocycles. The molecular weight excluding hydrogens is 352 g/mol. The molecule has 2 aromatic carbocycles. The van der Waals surface area contributed by atoms with Gasteiger partial charge in [-0.25, -0.2) is 4.79 Å². The monoisotopic (exact) mass is 362 g/mol. The summed E-state index contributed by atoms with van der Waals surface area (Å²) in [5.74, 6) is 0. The van der Waals surface area contributed by atoms with Crippen molar-refractivity contribution in [2.24, 2.45) is 4.99 Å².